The zero-order valence-corrected chi connectivity index (χ0v) is 18.0. The number of carbonyl (C=O) groups is 1. The zero-order valence-electron chi connectivity index (χ0n) is 17.2. The predicted octanol–water partition coefficient (Wildman–Crippen LogP) is 5.09. The van der Waals surface area contributed by atoms with E-state index >= 15 is 0 Å². The fraction of sp³-hybridized carbons (Fsp3) is 0.333. The van der Waals surface area contributed by atoms with Crippen molar-refractivity contribution < 1.29 is 9.21 Å². The Kier molecular flexibility index (Phi) is 5.93. The molecule has 30 heavy (non-hydrogen) atoms. The summed E-state index contributed by atoms with van der Waals surface area (Å²) in [5.74, 6) is 0.686. The van der Waals surface area contributed by atoms with E-state index in [1.807, 2.05) is 31.2 Å². The fourth-order valence-corrected chi connectivity index (χ4v) is 4.00. The lowest BCUT2D eigenvalue weighted by atomic mass is 9.99. The van der Waals surface area contributed by atoms with Gasteiger partial charge in [0.2, 0.25) is 17.2 Å². The van der Waals surface area contributed by atoms with Crippen LogP contribution in [0.5, 0.6) is 0 Å². The van der Waals surface area contributed by atoms with Gasteiger partial charge in [-0.15, -0.1) is 0 Å². The molecule has 5 nitrogen and oxygen atoms in total. The van der Waals surface area contributed by atoms with E-state index in [-0.39, 0.29) is 23.8 Å². The van der Waals surface area contributed by atoms with Gasteiger partial charge in [0.15, 0.2) is 0 Å². The van der Waals surface area contributed by atoms with Crippen molar-refractivity contribution in [1.29, 1.82) is 0 Å². The van der Waals surface area contributed by atoms with Gasteiger partial charge in [0.25, 0.3) is 0 Å². The fourth-order valence-electron chi connectivity index (χ4n) is 3.83. The highest BCUT2D eigenvalue weighted by Crippen LogP contribution is 2.30. The minimum absolute atomic E-state index is 0.175. The van der Waals surface area contributed by atoms with Crippen LogP contribution in [0, 0.1) is 12.8 Å². The first-order chi connectivity index (χ1) is 14.4. The van der Waals surface area contributed by atoms with Crippen LogP contribution >= 0.6 is 11.6 Å². The van der Waals surface area contributed by atoms with Crippen molar-refractivity contribution in [1.82, 2.24) is 4.90 Å². The SMILES string of the molecule is Cc1ccc(-c2c(NC(=O)CN3CCC(C)CC3)oc3ccc(Cl)cc3c2=O)cc1. The summed E-state index contributed by atoms with van der Waals surface area (Å²) in [6.45, 7) is 6.30. The molecule has 0 atom stereocenters. The summed E-state index contributed by atoms with van der Waals surface area (Å²) in [6, 6.07) is 12.5. The van der Waals surface area contributed by atoms with Crippen LogP contribution in [-0.2, 0) is 4.79 Å². The number of fused-ring (bicyclic) bond motifs is 1. The Labute approximate surface area is 180 Å². The average molecular weight is 425 g/mol. The molecule has 0 bridgehead atoms. The van der Waals surface area contributed by atoms with Gasteiger partial charge in [-0.3, -0.25) is 19.8 Å². The molecular formula is C24H25ClN2O3. The van der Waals surface area contributed by atoms with Crippen molar-refractivity contribution in [2.24, 2.45) is 5.92 Å². The molecule has 1 saturated heterocycles. The molecule has 3 aromatic rings. The third kappa shape index (κ3) is 4.42. The summed E-state index contributed by atoms with van der Waals surface area (Å²) in [4.78, 5) is 28.2. The van der Waals surface area contributed by atoms with E-state index in [0.717, 1.165) is 31.5 Å². The number of halogens is 1. The quantitative estimate of drug-likeness (QED) is 0.633. The Morgan fingerprint density at radius 1 is 1.17 bits per heavy atom. The van der Waals surface area contributed by atoms with E-state index in [4.69, 9.17) is 16.0 Å². The Morgan fingerprint density at radius 2 is 1.87 bits per heavy atom. The summed E-state index contributed by atoms with van der Waals surface area (Å²) >= 11 is 6.10. The molecule has 1 fully saturated rings. The summed E-state index contributed by atoms with van der Waals surface area (Å²) in [5, 5.41) is 3.70. The molecule has 1 N–H and O–H groups in total. The highest BCUT2D eigenvalue weighted by molar-refractivity contribution is 6.31. The molecule has 2 aromatic carbocycles. The first kappa shape index (κ1) is 20.6. The number of nitrogens with one attached hydrogen (secondary N) is 1. The number of carbonyl (C=O) groups excluding carboxylic acids is 1. The van der Waals surface area contributed by atoms with Crippen LogP contribution in [0.25, 0.3) is 22.1 Å². The number of piperidine rings is 1. The molecular weight excluding hydrogens is 400 g/mol. The molecule has 0 saturated carbocycles. The summed E-state index contributed by atoms with van der Waals surface area (Å²) in [5.41, 5.74) is 2.28. The zero-order chi connectivity index (χ0) is 21.3. The summed E-state index contributed by atoms with van der Waals surface area (Å²) in [6.07, 6.45) is 2.18. The van der Waals surface area contributed by atoms with Crippen molar-refractivity contribution in [2.75, 3.05) is 25.0 Å². The van der Waals surface area contributed by atoms with Crippen molar-refractivity contribution in [3.05, 3.63) is 63.3 Å². The van der Waals surface area contributed by atoms with Gasteiger partial charge in [0, 0.05) is 5.02 Å². The Balaban J connectivity index is 1.71. The Hall–Kier alpha value is -2.63. The molecule has 0 aliphatic carbocycles. The summed E-state index contributed by atoms with van der Waals surface area (Å²) < 4.78 is 5.98. The molecule has 1 amide bonds. The molecule has 1 aliphatic rings. The minimum atomic E-state index is -0.218. The minimum Gasteiger partial charge on any atom is -0.439 e. The Morgan fingerprint density at radius 3 is 2.57 bits per heavy atom. The number of aryl methyl sites for hydroxylation is 1. The number of anilines is 1. The second kappa shape index (κ2) is 8.62. The van der Waals surface area contributed by atoms with Crippen molar-refractivity contribution >= 4 is 34.4 Å². The van der Waals surface area contributed by atoms with E-state index < -0.39 is 0 Å². The maximum absolute atomic E-state index is 13.3. The van der Waals surface area contributed by atoms with E-state index in [1.54, 1.807) is 18.2 Å². The summed E-state index contributed by atoms with van der Waals surface area (Å²) in [7, 11) is 0. The van der Waals surface area contributed by atoms with Gasteiger partial charge in [-0.05, 0) is 62.5 Å². The number of nitrogens with zero attached hydrogens (tertiary/aromatic N) is 1. The van der Waals surface area contributed by atoms with Gasteiger partial charge < -0.3 is 4.42 Å². The second-order valence-electron chi connectivity index (χ2n) is 8.15. The van der Waals surface area contributed by atoms with Crippen molar-refractivity contribution in [2.45, 2.75) is 26.7 Å². The molecule has 0 unspecified atom stereocenters. The van der Waals surface area contributed by atoms with Crippen LogP contribution < -0.4 is 10.7 Å². The number of benzene rings is 2. The Bertz CT molecular complexity index is 1130. The predicted molar refractivity (Wildman–Crippen MR) is 121 cm³/mol. The van der Waals surface area contributed by atoms with E-state index in [1.165, 1.54) is 0 Å². The van der Waals surface area contributed by atoms with Gasteiger partial charge in [0.05, 0.1) is 17.5 Å². The van der Waals surface area contributed by atoms with Gasteiger partial charge in [-0.25, -0.2) is 0 Å². The molecule has 0 spiro atoms. The van der Waals surface area contributed by atoms with Crippen LogP contribution in [0.15, 0.2) is 51.7 Å². The van der Waals surface area contributed by atoms with E-state index in [0.29, 0.717) is 33.0 Å². The maximum Gasteiger partial charge on any atom is 0.240 e. The lowest BCUT2D eigenvalue weighted by Gasteiger charge is -2.29. The molecule has 1 aliphatic heterocycles. The van der Waals surface area contributed by atoms with Crippen LogP contribution in [0.3, 0.4) is 0 Å². The van der Waals surface area contributed by atoms with E-state index in [2.05, 4.69) is 17.1 Å². The van der Waals surface area contributed by atoms with Crippen molar-refractivity contribution in [3.63, 3.8) is 0 Å². The van der Waals surface area contributed by atoms with Crippen molar-refractivity contribution in [3.8, 4) is 11.1 Å². The topological polar surface area (TPSA) is 62.6 Å². The number of amides is 1. The first-order valence-electron chi connectivity index (χ1n) is 10.3. The van der Waals surface area contributed by atoms with Gasteiger partial charge in [-0.2, -0.15) is 0 Å². The van der Waals surface area contributed by atoms with Crippen LogP contribution in [0.1, 0.15) is 25.3 Å². The molecule has 2 heterocycles. The lowest BCUT2D eigenvalue weighted by Crippen LogP contribution is -2.38. The standard InChI is InChI=1S/C24H25ClN2O3/c1-15-3-5-17(6-4-15)22-23(29)19-13-18(25)7-8-20(19)30-24(22)26-21(28)14-27-11-9-16(2)10-12-27/h3-8,13,16H,9-12,14H2,1-2H3,(H,26,28). The number of likely N-dealkylation sites (tertiary alicyclic amines) is 1. The largest absolute Gasteiger partial charge is 0.439 e. The molecule has 156 valence electrons. The van der Waals surface area contributed by atoms with Crippen LogP contribution in [-0.4, -0.2) is 30.4 Å². The molecule has 0 radical (unpaired) electrons. The normalized spacial score (nSPS) is 15.4. The second-order valence-corrected chi connectivity index (χ2v) is 8.59. The number of hydrogen-bond donors (Lipinski definition) is 1. The lowest BCUT2D eigenvalue weighted by molar-refractivity contribution is -0.117. The third-order valence-electron chi connectivity index (χ3n) is 5.69. The highest BCUT2D eigenvalue weighted by Gasteiger charge is 2.21. The first-order valence-corrected chi connectivity index (χ1v) is 10.6. The molecule has 4 rings (SSSR count). The van der Waals surface area contributed by atoms with Crippen LogP contribution in [0.4, 0.5) is 5.88 Å². The molecule has 6 heteroatoms. The van der Waals surface area contributed by atoms with Gasteiger partial charge in [0.1, 0.15) is 5.58 Å². The highest BCUT2D eigenvalue weighted by atomic mass is 35.5. The molecule has 1 aromatic heterocycles. The smallest absolute Gasteiger partial charge is 0.240 e. The van der Waals surface area contributed by atoms with Crippen LogP contribution in [0.2, 0.25) is 5.02 Å². The van der Waals surface area contributed by atoms with E-state index in [9.17, 15) is 9.59 Å². The third-order valence-corrected chi connectivity index (χ3v) is 5.92. The number of rotatable bonds is 4. The monoisotopic (exact) mass is 424 g/mol. The van der Waals surface area contributed by atoms with Gasteiger partial charge in [-0.1, -0.05) is 48.4 Å². The van der Waals surface area contributed by atoms with Gasteiger partial charge >= 0.3 is 0 Å². The number of hydrogen-bond acceptors (Lipinski definition) is 4. The maximum atomic E-state index is 13.3. The average Bonchev–Trinajstić information content (AvgIpc) is 2.72.